The van der Waals surface area contributed by atoms with Crippen LogP contribution in [0.5, 0.6) is 0 Å². The lowest BCUT2D eigenvalue weighted by Crippen LogP contribution is -2.16. The third-order valence-corrected chi connectivity index (χ3v) is 5.19. The summed E-state index contributed by atoms with van der Waals surface area (Å²) in [5, 5.41) is 2.46. The first-order chi connectivity index (χ1) is 11.7. The summed E-state index contributed by atoms with van der Waals surface area (Å²) < 4.78 is 5.38. The summed E-state index contributed by atoms with van der Waals surface area (Å²) in [6.45, 7) is 2.03. The number of rotatable bonds is 6. The van der Waals surface area contributed by atoms with Crippen LogP contribution in [0.15, 0.2) is 65.0 Å². The number of aromatic nitrogens is 2. The third-order valence-electron chi connectivity index (χ3n) is 3.19. The first-order valence-corrected chi connectivity index (χ1v) is 9.22. The lowest BCUT2D eigenvalue weighted by Gasteiger charge is -2.10. The van der Waals surface area contributed by atoms with Gasteiger partial charge in [0.2, 0.25) is 0 Å². The van der Waals surface area contributed by atoms with E-state index in [1.54, 1.807) is 6.20 Å². The van der Waals surface area contributed by atoms with Crippen molar-refractivity contribution in [3.63, 3.8) is 0 Å². The van der Waals surface area contributed by atoms with E-state index in [2.05, 4.69) is 9.97 Å². The SMILES string of the molecule is CC(Sc1ccccc1)C(=O)OCc1csc(-c2ccccn2)n1. The van der Waals surface area contributed by atoms with E-state index in [4.69, 9.17) is 4.74 Å². The minimum atomic E-state index is -0.263. The molecule has 24 heavy (non-hydrogen) atoms. The molecular formula is C18H16N2O2S2. The summed E-state index contributed by atoms with van der Waals surface area (Å²) in [5.41, 5.74) is 1.57. The highest BCUT2D eigenvalue weighted by Gasteiger charge is 2.16. The molecule has 0 radical (unpaired) electrons. The largest absolute Gasteiger partial charge is 0.458 e. The van der Waals surface area contributed by atoms with Crippen LogP contribution in [0.4, 0.5) is 0 Å². The Morgan fingerprint density at radius 2 is 2.00 bits per heavy atom. The maximum atomic E-state index is 12.1. The molecule has 0 saturated carbocycles. The second kappa shape index (κ2) is 8.08. The molecule has 122 valence electrons. The number of thioether (sulfide) groups is 1. The van der Waals surface area contributed by atoms with Crippen molar-refractivity contribution in [2.24, 2.45) is 0 Å². The van der Waals surface area contributed by atoms with Crippen LogP contribution in [0, 0.1) is 0 Å². The number of esters is 1. The van der Waals surface area contributed by atoms with Crippen LogP contribution < -0.4 is 0 Å². The predicted molar refractivity (Wildman–Crippen MR) is 96.9 cm³/mol. The van der Waals surface area contributed by atoms with Gasteiger partial charge >= 0.3 is 5.97 Å². The molecule has 0 N–H and O–H groups in total. The van der Waals surface area contributed by atoms with Crippen molar-refractivity contribution in [1.82, 2.24) is 9.97 Å². The first-order valence-electron chi connectivity index (χ1n) is 7.46. The summed E-state index contributed by atoms with van der Waals surface area (Å²) in [6.07, 6.45) is 1.74. The van der Waals surface area contributed by atoms with Gasteiger partial charge in [-0.3, -0.25) is 9.78 Å². The fourth-order valence-corrected chi connectivity index (χ4v) is 3.66. The minimum Gasteiger partial charge on any atom is -0.458 e. The molecule has 0 aliphatic rings. The molecule has 0 amide bonds. The molecular weight excluding hydrogens is 340 g/mol. The quantitative estimate of drug-likeness (QED) is 0.483. The molecule has 1 atom stereocenters. The van der Waals surface area contributed by atoms with Gasteiger partial charge in [0.1, 0.15) is 16.9 Å². The summed E-state index contributed by atoms with van der Waals surface area (Å²) in [5.74, 6) is -0.240. The summed E-state index contributed by atoms with van der Waals surface area (Å²) >= 11 is 2.98. The zero-order chi connectivity index (χ0) is 16.8. The third kappa shape index (κ3) is 4.43. The zero-order valence-electron chi connectivity index (χ0n) is 13.1. The van der Waals surface area contributed by atoms with Gasteiger partial charge in [-0.2, -0.15) is 0 Å². The average molecular weight is 356 g/mol. The molecule has 0 bridgehead atoms. The van der Waals surface area contributed by atoms with Crippen molar-refractivity contribution in [3.8, 4) is 10.7 Å². The molecule has 1 aromatic carbocycles. The Morgan fingerprint density at radius 3 is 2.75 bits per heavy atom. The Labute approximate surface area is 148 Å². The zero-order valence-corrected chi connectivity index (χ0v) is 14.7. The van der Waals surface area contributed by atoms with Gasteiger partial charge in [0.25, 0.3) is 0 Å². The van der Waals surface area contributed by atoms with Crippen molar-refractivity contribution in [1.29, 1.82) is 0 Å². The van der Waals surface area contributed by atoms with E-state index in [1.165, 1.54) is 23.1 Å². The number of pyridine rings is 1. The van der Waals surface area contributed by atoms with Crippen LogP contribution in [0.2, 0.25) is 0 Å². The van der Waals surface area contributed by atoms with E-state index in [1.807, 2.05) is 60.8 Å². The van der Waals surface area contributed by atoms with Crippen LogP contribution >= 0.6 is 23.1 Å². The van der Waals surface area contributed by atoms with Crippen molar-refractivity contribution in [2.45, 2.75) is 23.7 Å². The molecule has 0 spiro atoms. The van der Waals surface area contributed by atoms with E-state index in [9.17, 15) is 4.79 Å². The van der Waals surface area contributed by atoms with Gasteiger partial charge < -0.3 is 4.74 Å². The van der Waals surface area contributed by atoms with Gasteiger partial charge in [0.05, 0.1) is 11.4 Å². The smallest absolute Gasteiger partial charge is 0.319 e. The van der Waals surface area contributed by atoms with Crippen molar-refractivity contribution in [2.75, 3.05) is 0 Å². The molecule has 4 nitrogen and oxygen atoms in total. The van der Waals surface area contributed by atoms with Crippen molar-refractivity contribution >= 4 is 29.1 Å². The second-order valence-corrected chi connectivity index (χ2v) is 7.31. The average Bonchev–Trinajstić information content (AvgIpc) is 3.10. The van der Waals surface area contributed by atoms with Crippen LogP contribution in [0.25, 0.3) is 10.7 Å². The fraction of sp³-hybridized carbons (Fsp3) is 0.167. The van der Waals surface area contributed by atoms with Gasteiger partial charge in [0.15, 0.2) is 0 Å². The number of carbonyl (C=O) groups is 1. The summed E-state index contributed by atoms with van der Waals surface area (Å²) in [6, 6.07) is 15.5. The predicted octanol–water partition coefficient (Wildman–Crippen LogP) is 4.43. The van der Waals surface area contributed by atoms with E-state index in [0.717, 1.165) is 21.3 Å². The van der Waals surface area contributed by atoms with Gasteiger partial charge in [0, 0.05) is 16.5 Å². The highest BCUT2D eigenvalue weighted by atomic mass is 32.2. The lowest BCUT2D eigenvalue weighted by molar-refractivity contribution is -0.144. The topological polar surface area (TPSA) is 52.1 Å². The molecule has 2 heterocycles. The fourth-order valence-electron chi connectivity index (χ4n) is 1.99. The molecule has 0 fully saturated rings. The van der Waals surface area contributed by atoms with Gasteiger partial charge in [-0.05, 0) is 31.2 Å². The van der Waals surface area contributed by atoms with Crippen LogP contribution in [0.3, 0.4) is 0 Å². The molecule has 0 aliphatic heterocycles. The van der Waals surface area contributed by atoms with Crippen molar-refractivity contribution in [3.05, 3.63) is 65.8 Å². The molecule has 6 heteroatoms. The number of benzene rings is 1. The number of nitrogens with zero attached hydrogens (tertiary/aromatic N) is 2. The molecule has 0 saturated heterocycles. The number of hydrogen-bond donors (Lipinski definition) is 0. The highest BCUT2D eigenvalue weighted by molar-refractivity contribution is 8.00. The summed E-state index contributed by atoms with van der Waals surface area (Å²) in [7, 11) is 0. The number of carbonyl (C=O) groups excluding carboxylic acids is 1. The van der Waals surface area contributed by atoms with Crippen LogP contribution in [0.1, 0.15) is 12.6 Å². The van der Waals surface area contributed by atoms with E-state index < -0.39 is 0 Å². The highest BCUT2D eigenvalue weighted by Crippen LogP contribution is 2.25. The Hall–Kier alpha value is -2.18. The Kier molecular flexibility index (Phi) is 5.61. The minimum absolute atomic E-state index is 0.182. The normalized spacial score (nSPS) is 11.9. The maximum absolute atomic E-state index is 12.1. The Bertz CT molecular complexity index is 791. The van der Waals surface area contributed by atoms with Gasteiger partial charge in [-0.15, -0.1) is 23.1 Å². The van der Waals surface area contributed by atoms with Crippen LogP contribution in [-0.2, 0) is 16.1 Å². The monoisotopic (exact) mass is 356 g/mol. The molecule has 2 aromatic heterocycles. The molecule has 0 aliphatic carbocycles. The molecule has 1 unspecified atom stereocenters. The lowest BCUT2D eigenvalue weighted by atomic mass is 10.4. The second-order valence-electron chi connectivity index (χ2n) is 5.04. The first kappa shape index (κ1) is 16.7. The van der Waals surface area contributed by atoms with Gasteiger partial charge in [-0.25, -0.2) is 4.98 Å². The Balaban J connectivity index is 1.54. The molecule has 3 rings (SSSR count). The maximum Gasteiger partial charge on any atom is 0.319 e. The number of hydrogen-bond acceptors (Lipinski definition) is 6. The van der Waals surface area contributed by atoms with Crippen LogP contribution in [-0.4, -0.2) is 21.2 Å². The standard InChI is InChI=1S/C18H16N2O2S2/c1-13(24-15-7-3-2-4-8-15)18(21)22-11-14-12-23-17(20-14)16-9-5-6-10-19-16/h2-10,12-13H,11H2,1H3. The summed E-state index contributed by atoms with van der Waals surface area (Å²) in [4.78, 5) is 21.9. The Morgan fingerprint density at radius 1 is 1.21 bits per heavy atom. The van der Waals surface area contributed by atoms with E-state index in [-0.39, 0.29) is 17.8 Å². The molecule has 3 aromatic rings. The van der Waals surface area contributed by atoms with Crippen molar-refractivity contribution < 1.29 is 9.53 Å². The number of ether oxygens (including phenoxy) is 1. The van der Waals surface area contributed by atoms with E-state index >= 15 is 0 Å². The van der Waals surface area contributed by atoms with Gasteiger partial charge in [-0.1, -0.05) is 24.3 Å². The van der Waals surface area contributed by atoms with E-state index in [0.29, 0.717) is 0 Å². The number of thiazole rings is 1.